The molecule has 0 unspecified atom stereocenters. The van der Waals surface area contributed by atoms with Gasteiger partial charge in [-0.1, -0.05) is 24.4 Å². The zero-order valence-electron chi connectivity index (χ0n) is 11.4. The Morgan fingerprint density at radius 2 is 2.05 bits per heavy atom. The Balaban J connectivity index is 2.23. The summed E-state index contributed by atoms with van der Waals surface area (Å²) < 4.78 is 13.8. The molecule has 0 bridgehead atoms. The fourth-order valence-electron chi connectivity index (χ4n) is 2.62. The quantitative estimate of drug-likeness (QED) is 0.336. The van der Waals surface area contributed by atoms with Crippen LogP contribution in [0.2, 0.25) is 0 Å². The summed E-state index contributed by atoms with van der Waals surface area (Å²) in [6.45, 7) is 0. The normalized spacial score (nSPS) is 18.3. The second-order valence-electron chi connectivity index (χ2n) is 5.21. The third kappa shape index (κ3) is 3.34. The molecule has 1 amide bonds. The Bertz CT molecular complexity index is 571. The summed E-state index contributed by atoms with van der Waals surface area (Å²) in [5.74, 6) is -0.952. The van der Waals surface area contributed by atoms with E-state index in [0.29, 0.717) is 17.3 Å². The number of nitrogens with two attached hydrogens (primary N) is 1. The standard InChI is InChI=1S/C14H17BrFN3O2/c15-10-5-4-9(8-11(10)16)12(20)18-14(13(17)19-21)6-2-1-3-7-14/h4-5,8,21H,1-3,6-7H2,(H2,17,19)(H,18,20). The highest BCUT2D eigenvalue weighted by atomic mass is 79.9. The van der Waals surface area contributed by atoms with E-state index in [2.05, 4.69) is 26.4 Å². The van der Waals surface area contributed by atoms with Gasteiger partial charge >= 0.3 is 0 Å². The minimum Gasteiger partial charge on any atom is -0.409 e. The number of carbonyl (C=O) groups excluding carboxylic acids is 1. The third-order valence-corrected chi connectivity index (χ3v) is 4.48. The van der Waals surface area contributed by atoms with Crippen LogP contribution in [0.15, 0.2) is 27.8 Å². The van der Waals surface area contributed by atoms with Crippen LogP contribution in [0.3, 0.4) is 0 Å². The Kier molecular flexibility index (Phi) is 4.82. The molecule has 21 heavy (non-hydrogen) atoms. The molecule has 0 spiro atoms. The van der Waals surface area contributed by atoms with Crippen molar-refractivity contribution in [3.05, 3.63) is 34.1 Å². The summed E-state index contributed by atoms with van der Waals surface area (Å²) in [5, 5.41) is 14.8. The maximum Gasteiger partial charge on any atom is 0.252 e. The van der Waals surface area contributed by atoms with E-state index in [1.54, 1.807) is 0 Å². The summed E-state index contributed by atoms with van der Waals surface area (Å²) in [4.78, 5) is 12.3. The van der Waals surface area contributed by atoms with Crippen LogP contribution in [0, 0.1) is 5.82 Å². The number of nitrogens with zero attached hydrogens (tertiary/aromatic N) is 1. The van der Waals surface area contributed by atoms with E-state index in [9.17, 15) is 9.18 Å². The molecule has 1 aliphatic rings. The molecular formula is C14H17BrFN3O2. The molecule has 0 aromatic heterocycles. The van der Waals surface area contributed by atoms with Gasteiger partial charge < -0.3 is 16.3 Å². The lowest BCUT2D eigenvalue weighted by Gasteiger charge is -2.36. The number of hydrogen-bond donors (Lipinski definition) is 3. The van der Waals surface area contributed by atoms with Crippen LogP contribution in [-0.2, 0) is 0 Å². The van der Waals surface area contributed by atoms with Crippen molar-refractivity contribution in [2.24, 2.45) is 10.9 Å². The highest BCUT2D eigenvalue weighted by Crippen LogP contribution is 2.29. The van der Waals surface area contributed by atoms with Crippen molar-refractivity contribution in [1.82, 2.24) is 5.32 Å². The third-order valence-electron chi connectivity index (χ3n) is 3.84. The van der Waals surface area contributed by atoms with Crippen LogP contribution in [0.5, 0.6) is 0 Å². The van der Waals surface area contributed by atoms with Crippen LogP contribution < -0.4 is 11.1 Å². The number of amidine groups is 1. The van der Waals surface area contributed by atoms with E-state index in [1.807, 2.05) is 0 Å². The average Bonchev–Trinajstić information content (AvgIpc) is 2.50. The summed E-state index contributed by atoms with van der Waals surface area (Å²) >= 11 is 3.04. The van der Waals surface area contributed by atoms with Gasteiger partial charge in [0.1, 0.15) is 11.4 Å². The topological polar surface area (TPSA) is 87.7 Å². The minimum atomic E-state index is -0.854. The molecule has 2 rings (SSSR count). The predicted molar refractivity (Wildman–Crippen MR) is 80.8 cm³/mol. The molecule has 0 heterocycles. The molecule has 0 atom stereocenters. The first-order valence-electron chi connectivity index (χ1n) is 6.74. The molecule has 4 N–H and O–H groups in total. The van der Waals surface area contributed by atoms with Gasteiger partial charge in [-0.15, -0.1) is 0 Å². The van der Waals surface area contributed by atoms with Crippen molar-refractivity contribution in [2.75, 3.05) is 0 Å². The first-order chi connectivity index (χ1) is 9.98. The van der Waals surface area contributed by atoms with Gasteiger partial charge in [-0.3, -0.25) is 4.79 Å². The van der Waals surface area contributed by atoms with Crippen molar-refractivity contribution in [1.29, 1.82) is 0 Å². The Morgan fingerprint density at radius 3 is 2.62 bits per heavy atom. The maximum absolute atomic E-state index is 13.5. The lowest BCUT2D eigenvalue weighted by Crippen LogP contribution is -2.58. The molecule has 1 saturated carbocycles. The maximum atomic E-state index is 13.5. The van der Waals surface area contributed by atoms with Gasteiger partial charge in [0.2, 0.25) is 0 Å². The average molecular weight is 358 g/mol. The Labute approximate surface area is 130 Å². The number of oxime groups is 1. The summed E-state index contributed by atoms with van der Waals surface area (Å²) in [6, 6.07) is 4.15. The van der Waals surface area contributed by atoms with E-state index in [0.717, 1.165) is 25.3 Å². The van der Waals surface area contributed by atoms with Crippen molar-refractivity contribution < 1.29 is 14.4 Å². The van der Waals surface area contributed by atoms with Gasteiger partial charge in [-0.2, -0.15) is 0 Å². The summed E-state index contributed by atoms with van der Waals surface area (Å²) in [5.41, 5.74) is 5.11. The molecule has 0 saturated heterocycles. The van der Waals surface area contributed by atoms with Gasteiger partial charge in [0.15, 0.2) is 5.84 Å². The van der Waals surface area contributed by atoms with Gasteiger partial charge in [-0.05, 0) is 47.0 Å². The van der Waals surface area contributed by atoms with Gasteiger partial charge in [-0.25, -0.2) is 4.39 Å². The van der Waals surface area contributed by atoms with Crippen LogP contribution in [0.25, 0.3) is 0 Å². The van der Waals surface area contributed by atoms with Crippen molar-refractivity contribution in [2.45, 2.75) is 37.6 Å². The number of rotatable bonds is 3. The lowest BCUT2D eigenvalue weighted by molar-refractivity contribution is 0.0905. The molecule has 1 aromatic rings. The fraction of sp³-hybridized carbons (Fsp3) is 0.429. The molecule has 5 nitrogen and oxygen atoms in total. The number of nitrogens with one attached hydrogen (secondary N) is 1. The molecule has 114 valence electrons. The van der Waals surface area contributed by atoms with Crippen LogP contribution in [0.4, 0.5) is 4.39 Å². The van der Waals surface area contributed by atoms with Crippen molar-refractivity contribution in [3.8, 4) is 0 Å². The van der Waals surface area contributed by atoms with E-state index in [-0.39, 0.29) is 11.4 Å². The number of amides is 1. The molecule has 7 heteroatoms. The van der Waals surface area contributed by atoms with Gasteiger partial charge in [0.05, 0.1) is 4.47 Å². The molecule has 1 fully saturated rings. The molecule has 1 aromatic carbocycles. The zero-order chi connectivity index (χ0) is 15.5. The first-order valence-corrected chi connectivity index (χ1v) is 7.53. The minimum absolute atomic E-state index is 0.00636. The van der Waals surface area contributed by atoms with Crippen LogP contribution >= 0.6 is 15.9 Å². The highest BCUT2D eigenvalue weighted by molar-refractivity contribution is 9.10. The van der Waals surface area contributed by atoms with Crippen molar-refractivity contribution >= 4 is 27.7 Å². The van der Waals surface area contributed by atoms with E-state index in [1.165, 1.54) is 12.1 Å². The SMILES string of the molecule is NC(=NO)C1(NC(=O)c2ccc(Br)c(F)c2)CCCCC1. The van der Waals surface area contributed by atoms with Gasteiger partial charge in [0.25, 0.3) is 5.91 Å². The zero-order valence-corrected chi connectivity index (χ0v) is 13.0. The van der Waals surface area contributed by atoms with Gasteiger partial charge in [0, 0.05) is 5.56 Å². The van der Waals surface area contributed by atoms with E-state index >= 15 is 0 Å². The van der Waals surface area contributed by atoms with Crippen molar-refractivity contribution in [3.63, 3.8) is 0 Å². The van der Waals surface area contributed by atoms with Crippen LogP contribution in [-0.4, -0.2) is 22.5 Å². The Hall–Kier alpha value is -1.63. The molecule has 1 aliphatic carbocycles. The van der Waals surface area contributed by atoms with E-state index in [4.69, 9.17) is 10.9 Å². The fourth-order valence-corrected chi connectivity index (χ4v) is 2.87. The monoisotopic (exact) mass is 357 g/mol. The lowest BCUT2D eigenvalue weighted by atomic mass is 9.80. The summed E-state index contributed by atoms with van der Waals surface area (Å²) in [7, 11) is 0. The molecular weight excluding hydrogens is 341 g/mol. The number of halogens is 2. The number of benzene rings is 1. The molecule has 0 radical (unpaired) electrons. The van der Waals surface area contributed by atoms with Crippen LogP contribution in [0.1, 0.15) is 42.5 Å². The predicted octanol–water partition coefficient (Wildman–Crippen LogP) is 2.77. The largest absolute Gasteiger partial charge is 0.409 e. The highest BCUT2D eigenvalue weighted by Gasteiger charge is 2.38. The Morgan fingerprint density at radius 1 is 1.38 bits per heavy atom. The second-order valence-corrected chi connectivity index (χ2v) is 6.07. The first kappa shape index (κ1) is 15.8. The van der Waals surface area contributed by atoms with E-state index < -0.39 is 17.3 Å². The smallest absolute Gasteiger partial charge is 0.252 e. The number of hydrogen-bond acceptors (Lipinski definition) is 3. The summed E-state index contributed by atoms with van der Waals surface area (Å²) in [6.07, 6.45) is 4.01. The number of carbonyl (C=O) groups is 1. The second kappa shape index (κ2) is 6.43. The molecule has 0 aliphatic heterocycles.